The van der Waals surface area contributed by atoms with Gasteiger partial charge in [-0.2, -0.15) is 14.8 Å². The molecule has 9 nitrogen and oxygen atoms in total. The highest BCUT2D eigenvalue weighted by Crippen LogP contribution is 2.32. The number of para-hydroxylation sites is 1. The summed E-state index contributed by atoms with van der Waals surface area (Å²) in [4.78, 5) is 21.3. The van der Waals surface area contributed by atoms with Gasteiger partial charge in [0.25, 0.3) is 5.95 Å². The first-order valence-corrected chi connectivity index (χ1v) is 13.0. The number of carbonyl (C=O) groups excluding carboxylic acids is 1. The van der Waals surface area contributed by atoms with Crippen molar-refractivity contribution in [3.8, 4) is 5.95 Å². The maximum absolute atomic E-state index is 14.7. The van der Waals surface area contributed by atoms with Crippen molar-refractivity contribution in [2.75, 3.05) is 26.2 Å². The number of allylic oxidation sites excluding steroid dienone is 1. The fraction of sp³-hybridized carbons (Fsp3) is 0.556. The Balaban J connectivity index is 1.21. The standard InChI is InChI=1S/C27H35FN6O3/c1-17(2)22-20-7-6-8-21(28)23(20)34(30-22)25-29-24(37-31-25)18-9-13-32(14-10-18)19-11-15-33(16-12-19)26(35)36-27(3,4)5/h6-8,18-19H,1,9-16H2,2-5H3. The molecule has 0 radical (unpaired) electrons. The first-order valence-electron chi connectivity index (χ1n) is 13.0. The summed E-state index contributed by atoms with van der Waals surface area (Å²) in [6.07, 6.45) is 3.46. The van der Waals surface area contributed by atoms with Crippen molar-refractivity contribution in [2.45, 2.75) is 70.9 Å². The second kappa shape index (κ2) is 9.89. The number of rotatable bonds is 4. The van der Waals surface area contributed by atoms with E-state index >= 15 is 0 Å². The highest BCUT2D eigenvalue weighted by atomic mass is 19.1. The van der Waals surface area contributed by atoms with Crippen molar-refractivity contribution in [2.24, 2.45) is 0 Å². The Labute approximate surface area is 216 Å². The Morgan fingerprint density at radius 3 is 2.49 bits per heavy atom. The molecule has 4 heterocycles. The maximum atomic E-state index is 14.7. The normalized spacial score (nSPS) is 18.5. The minimum absolute atomic E-state index is 0.145. The van der Waals surface area contributed by atoms with Gasteiger partial charge in [0.1, 0.15) is 16.9 Å². The highest BCUT2D eigenvalue weighted by Gasteiger charge is 2.33. The van der Waals surface area contributed by atoms with Crippen LogP contribution >= 0.6 is 0 Å². The summed E-state index contributed by atoms with van der Waals surface area (Å²) < 4.78 is 27.3. The van der Waals surface area contributed by atoms with E-state index in [-0.39, 0.29) is 18.0 Å². The van der Waals surface area contributed by atoms with Crippen LogP contribution in [0.1, 0.15) is 70.9 Å². The SMILES string of the molecule is C=C(C)c1nn(-c2noc(C3CCN(C4CCN(C(=O)OC(C)(C)C)CC4)CC3)n2)c2c(F)cccc12. The number of amides is 1. The number of halogens is 1. The monoisotopic (exact) mass is 510 g/mol. The lowest BCUT2D eigenvalue weighted by molar-refractivity contribution is 0.0124. The summed E-state index contributed by atoms with van der Waals surface area (Å²) in [5, 5.41) is 9.35. The fourth-order valence-corrected chi connectivity index (χ4v) is 5.32. The maximum Gasteiger partial charge on any atom is 0.410 e. The molecule has 2 aromatic heterocycles. The van der Waals surface area contributed by atoms with E-state index < -0.39 is 11.4 Å². The number of aromatic nitrogens is 4. The van der Waals surface area contributed by atoms with Crippen LogP contribution in [0.15, 0.2) is 29.3 Å². The van der Waals surface area contributed by atoms with Gasteiger partial charge in [-0.3, -0.25) is 0 Å². The van der Waals surface area contributed by atoms with E-state index in [2.05, 4.69) is 26.7 Å². The van der Waals surface area contributed by atoms with Gasteiger partial charge in [-0.15, -0.1) is 0 Å². The number of hydrogen-bond acceptors (Lipinski definition) is 7. The number of hydrogen-bond donors (Lipinski definition) is 0. The summed E-state index contributed by atoms with van der Waals surface area (Å²) in [5.74, 6) is 0.544. The lowest BCUT2D eigenvalue weighted by atomic mass is 9.93. The molecule has 10 heteroatoms. The topological polar surface area (TPSA) is 89.5 Å². The van der Waals surface area contributed by atoms with Gasteiger partial charge in [0, 0.05) is 30.4 Å². The summed E-state index contributed by atoms with van der Waals surface area (Å²) in [6.45, 7) is 14.8. The van der Waals surface area contributed by atoms with Gasteiger partial charge in [-0.25, -0.2) is 9.18 Å². The van der Waals surface area contributed by atoms with Crippen LogP contribution in [-0.2, 0) is 4.74 Å². The molecule has 1 amide bonds. The van der Waals surface area contributed by atoms with E-state index in [4.69, 9.17) is 9.26 Å². The van der Waals surface area contributed by atoms with Crippen LogP contribution in [0.4, 0.5) is 9.18 Å². The molecule has 2 aliphatic heterocycles. The van der Waals surface area contributed by atoms with Crippen LogP contribution in [-0.4, -0.2) is 73.6 Å². The number of piperidine rings is 2. The molecule has 0 saturated carbocycles. The van der Waals surface area contributed by atoms with Crippen molar-refractivity contribution < 1.29 is 18.4 Å². The fourth-order valence-electron chi connectivity index (χ4n) is 5.32. The largest absolute Gasteiger partial charge is 0.444 e. The molecular formula is C27H35FN6O3. The number of carbonyl (C=O) groups is 1. The summed E-state index contributed by atoms with van der Waals surface area (Å²) in [6, 6.07) is 5.34. The van der Waals surface area contributed by atoms with E-state index in [1.807, 2.05) is 38.7 Å². The lowest BCUT2D eigenvalue weighted by Gasteiger charge is -2.41. The third-order valence-corrected chi connectivity index (χ3v) is 7.19. The Kier molecular flexibility index (Phi) is 6.78. The van der Waals surface area contributed by atoms with Crippen molar-refractivity contribution in [1.82, 2.24) is 29.7 Å². The van der Waals surface area contributed by atoms with Gasteiger partial charge in [0.05, 0.1) is 5.69 Å². The van der Waals surface area contributed by atoms with Crippen LogP contribution in [0.5, 0.6) is 0 Å². The predicted octanol–water partition coefficient (Wildman–Crippen LogP) is 5.16. The third-order valence-electron chi connectivity index (χ3n) is 7.19. The number of likely N-dealkylation sites (tertiary alicyclic amines) is 2. The van der Waals surface area contributed by atoms with Crippen LogP contribution in [0.2, 0.25) is 0 Å². The van der Waals surface area contributed by atoms with E-state index in [1.54, 1.807) is 6.07 Å². The molecular weight excluding hydrogens is 475 g/mol. The minimum Gasteiger partial charge on any atom is -0.444 e. The molecule has 2 aliphatic rings. The molecule has 0 atom stereocenters. The molecule has 37 heavy (non-hydrogen) atoms. The van der Waals surface area contributed by atoms with Crippen molar-refractivity contribution in [3.63, 3.8) is 0 Å². The van der Waals surface area contributed by atoms with Gasteiger partial charge in [-0.05, 0) is 83.3 Å². The van der Waals surface area contributed by atoms with Crippen molar-refractivity contribution in [1.29, 1.82) is 0 Å². The van der Waals surface area contributed by atoms with Gasteiger partial charge in [-0.1, -0.05) is 18.7 Å². The van der Waals surface area contributed by atoms with Crippen LogP contribution in [0, 0.1) is 5.82 Å². The molecule has 0 aliphatic carbocycles. The first kappa shape index (κ1) is 25.4. The number of nitrogens with zero attached hydrogens (tertiary/aromatic N) is 6. The second-order valence-corrected chi connectivity index (χ2v) is 11.1. The average Bonchev–Trinajstić information content (AvgIpc) is 3.49. The minimum atomic E-state index is -0.476. The van der Waals surface area contributed by atoms with Gasteiger partial charge < -0.3 is 19.1 Å². The zero-order chi connectivity index (χ0) is 26.3. The summed E-state index contributed by atoms with van der Waals surface area (Å²) in [5.41, 5.74) is 1.20. The smallest absolute Gasteiger partial charge is 0.410 e. The van der Waals surface area contributed by atoms with E-state index in [0.717, 1.165) is 44.3 Å². The Bertz CT molecular complexity index is 1290. The molecule has 0 spiro atoms. The first-order chi connectivity index (χ1) is 17.6. The molecule has 0 bridgehead atoms. The Morgan fingerprint density at radius 1 is 1.14 bits per heavy atom. The average molecular weight is 511 g/mol. The van der Waals surface area contributed by atoms with Gasteiger partial charge in [0.2, 0.25) is 5.89 Å². The van der Waals surface area contributed by atoms with Gasteiger partial charge in [0.15, 0.2) is 0 Å². The Morgan fingerprint density at radius 2 is 1.84 bits per heavy atom. The van der Waals surface area contributed by atoms with Crippen LogP contribution in [0.25, 0.3) is 22.4 Å². The molecule has 3 aromatic rings. The van der Waals surface area contributed by atoms with E-state index in [0.29, 0.717) is 41.6 Å². The quantitative estimate of drug-likeness (QED) is 0.479. The molecule has 5 rings (SSSR count). The second-order valence-electron chi connectivity index (χ2n) is 11.1. The van der Waals surface area contributed by atoms with Crippen LogP contribution < -0.4 is 0 Å². The molecule has 198 valence electrons. The number of fused-ring (bicyclic) bond motifs is 1. The summed E-state index contributed by atoms with van der Waals surface area (Å²) >= 11 is 0. The predicted molar refractivity (Wildman–Crippen MR) is 138 cm³/mol. The van der Waals surface area contributed by atoms with Crippen molar-refractivity contribution in [3.05, 3.63) is 42.2 Å². The van der Waals surface area contributed by atoms with Crippen molar-refractivity contribution >= 4 is 22.6 Å². The van der Waals surface area contributed by atoms with Crippen LogP contribution in [0.3, 0.4) is 0 Å². The lowest BCUT2D eigenvalue weighted by Crippen LogP contribution is -2.49. The zero-order valence-electron chi connectivity index (χ0n) is 22.0. The molecule has 2 fully saturated rings. The molecule has 2 saturated heterocycles. The number of ether oxygens (including phenoxy) is 1. The number of benzene rings is 1. The molecule has 0 unspecified atom stereocenters. The van der Waals surface area contributed by atoms with Gasteiger partial charge >= 0.3 is 6.09 Å². The summed E-state index contributed by atoms with van der Waals surface area (Å²) in [7, 11) is 0. The molecule has 1 aromatic carbocycles. The van der Waals surface area contributed by atoms with E-state index in [9.17, 15) is 9.18 Å². The third kappa shape index (κ3) is 5.25. The Hall–Kier alpha value is -3.27. The molecule has 0 N–H and O–H groups in total. The zero-order valence-corrected chi connectivity index (χ0v) is 22.0. The highest BCUT2D eigenvalue weighted by molar-refractivity contribution is 5.91. The van der Waals surface area contributed by atoms with E-state index in [1.165, 1.54) is 10.7 Å².